The zero-order chi connectivity index (χ0) is 23.8. The predicted molar refractivity (Wildman–Crippen MR) is 128 cm³/mol. The summed E-state index contributed by atoms with van der Waals surface area (Å²) < 4.78 is 10.6. The molecule has 1 N–H and O–H groups in total. The molecule has 0 saturated carbocycles. The van der Waals surface area contributed by atoms with Crippen molar-refractivity contribution in [3.63, 3.8) is 0 Å². The van der Waals surface area contributed by atoms with Crippen LogP contribution in [0.2, 0.25) is 10.0 Å². The number of nitriles is 1. The van der Waals surface area contributed by atoms with Crippen LogP contribution in [0.4, 0.5) is 5.69 Å². The zero-order valence-corrected chi connectivity index (χ0v) is 19.5. The molecule has 7 nitrogen and oxygen atoms in total. The number of methoxy groups -OCH3 is 1. The lowest BCUT2D eigenvalue weighted by atomic mass is 10.0. The number of amides is 2. The number of halogens is 2. The third-order valence-corrected chi connectivity index (χ3v) is 5.91. The summed E-state index contributed by atoms with van der Waals surface area (Å²) in [4.78, 5) is 27.4. The van der Waals surface area contributed by atoms with Crippen LogP contribution in [-0.2, 0) is 9.59 Å². The first-order chi connectivity index (χ1) is 15.9. The monoisotopic (exact) mass is 487 g/mol. The lowest BCUT2D eigenvalue weighted by molar-refractivity contribution is -0.136. The SMILES string of the molecule is COc1cc(/C=C/C(=O)N2CCCCC2C(=O)Nc2ccc(Cl)c(Cl)c2)ccc1OCC#N. The number of carbonyl (C=O) groups is 2. The van der Waals surface area contributed by atoms with E-state index in [9.17, 15) is 9.59 Å². The van der Waals surface area contributed by atoms with Crippen molar-refractivity contribution >= 4 is 46.8 Å². The van der Waals surface area contributed by atoms with Crippen LogP contribution in [0.25, 0.3) is 6.08 Å². The fourth-order valence-corrected chi connectivity index (χ4v) is 3.85. The second kappa shape index (κ2) is 11.6. The average molecular weight is 488 g/mol. The minimum Gasteiger partial charge on any atom is -0.493 e. The van der Waals surface area contributed by atoms with Crippen molar-refractivity contribution in [2.24, 2.45) is 0 Å². The van der Waals surface area contributed by atoms with E-state index in [0.717, 1.165) is 18.4 Å². The van der Waals surface area contributed by atoms with Gasteiger partial charge < -0.3 is 19.7 Å². The van der Waals surface area contributed by atoms with Crippen molar-refractivity contribution in [1.29, 1.82) is 5.26 Å². The summed E-state index contributed by atoms with van der Waals surface area (Å²) in [5.41, 5.74) is 1.24. The molecule has 0 aromatic heterocycles. The van der Waals surface area contributed by atoms with E-state index >= 15 is 0 Å². The van der Waals surface area contributed by atoms with Gasteiger partial charge in [-0.1, -0.05) is 29.3 Å². The van der Waals surface area contributed by atoms with Gasteiger partial charge >= 0.3 is 0 Å². The molecular weight excluding hydrogens is 465 g/mol. The Bertz CT molecular complexity index is 1100. The number of benzene rings is 2. The van der Waals surface area contributed by atoms with Crippen LogP contribution in [0, 0.1) is 11.3 Å². The Morgan fingerprint density at radius 2 is 2.00 bits per heavy atom. The summed E-state index contributed by atoms with van der Waals surface area (Å²) >= 11 is 12.0. The van der Waals surface area contributed by atoms with E-state index in [2.05, 4.69) is 5.32 Å². The average Bonchev–Trinajstić information content (AvgIpc) is 2.83. The normalized spacial score (nSPS) is 15.7. The standard InChI is InChI=1S/C24H23Cl2N3O4/c1-32-22-14-16(5-9-21(22)33-13-11-27)6-10-23(30)29-12-3-2-4-20(29)24(31)28-17-7-8-18(25)19(26)15-17/h5-10,14-15,20H,2-4,12-13H2,1H3,(H,28,31)/b10-6+. The maximum absolute atomic E-state index is 12.9. The Morgan fingerprint density at radius 1 is 1.18 bits per heavy atom. The molecule has 0 radical (unpaired) electrons. The van der Waals surface area contributed by atoms with E-state index in [1.165, 1.54) is 13.2 Å². The topological polar surface area (TPSA) is 91.7 Å². The van der Waals surface area contributed by atoms with Gasteiger partial charge in [-0.3, -0.25) is 9.59 Å². The number of hydrogen-bond acceptors (Lipinski definition) is 5. The maximum atomic E-state index is 12.9. The number of anilines is 1. The van der Waals surface area contributed by atoms with Gasteiger partial charge in [-0.15, -0.1) is 0 Å². The highest BCUT2D eigenvalue weighted by Crippen LogP contribution is 2.29. The Kier molecular flexibility index (Phi) is 8.58. The summed E-state index contributed by atoms with van der Waals surface area (Å²) in [7, 11) is 1.50. The highest BCUT2D eigenvalue weighted by Gasteiger charge is 2.31. The molecule has 1 heterocycles. The first kappa shape index (κ1) is 24.4. The second-order valence-corrected chi connectivity index (χ2v) is 8.17. The van der Waals surface area contributed by atoms with Crippen molar-refractivity contribution < 1.29 is 19.1 Å². The minimum absolute atomic E-state index is 0.0926. The molecule has 2 aromatic rings. The molecule has 1 saturated heterocycles. The summed E-state index contributed by atoms with van der Waals surface area (Å²) in [6.07, 6.45) is 5.35. The number of piperidine rings is 1. The van der Waals surface area contributed by atoms with E-state index in [1.807, 2.05) is 6.07 Å². The molecule has 3 rings (SSSR count). The van der Waals surface area contributed by atoms with E-state index in [1.54, 1.807) is 47.4 Å². The van der Waals surface area contributed by atoms with Crippen LogP contribution < -0.4 is 14.8 Å². The van der Waals surface area contributed by atoms with Crippen LogP contribution in [0.5, 0.6) is 11.5 Å². The van der Waals surface area contributed by atoms with Crippen molar-refractivity contribution in [3.05, 3.63) is 58.1 Å². The van der Waals surface area contributed by atoms with Gasteiger partial charge in [0.25, 0.3) is 0 Å². The smallest absolute Gasteiger partial charge is 0.247 e. The number of nitrogens with one attached hydrogen (secondary N) is 1. The van der Waals surface area contributed by atoms with Gasteiger partial charge in [-0.05, 0) is 61.2 Å². The quantitative estimate of drug-likeness (QED) is 0.558. The number of ether oxygens (including phenoxy) is 2. The fraction of sp³-hybridized carbons (Fsp3) is 0.292. The molecule has 2 aromatic carbocycles. The van der Waals surface area contributed by atoms with Crippen molar-refractivity contribution in [1.82, 2.24) is 4.90 Å². The van der Waals surface area contributed by atoms with Gasteiger partial charge in [-0.2, -0.15) is 5.26 Å². The van der Waals surface area contributed by atoms with E-state index in [-0.39, 0.29) is 18.4 Å². The van der Waals surface area contributed by atoms with Crippen LogP contribution in [0.1, 0.15) is 24.8 Å². The molecule has 1 aliphatic heterocycles. The minimum atomic E-state index is -0.582. The highest BCUT2D eigenvalue weighted by atomic mass is 35.5. The number of likely N-dealkylation sites (tertiary alicyclic amines) is 1. The maximum Gasteiger partial charge on any atom is 0.247 e. The Labute approximate surface area is 202 Å². The Balaban J connectivity index is 1.70. The second-order valence-electron chi connectivity index (χ2n) is 7.35. The summed E-state index contributed by atoms with van der Waals surface area (Å²) in [6.45, 7) is 0.400. The van der Waals surface area contributed by atoms with Gasteiger partial charge in [-0.25, -0.2) is 0 Å². The summed E-state index contributed by atoms with van der Waals surface area (Å²) in [5, 5.41) is 12.2. The van der Waals surface area contributed by atoms with E-state index in [4.69, 9.17) is 37.9 Å². The largest absolute Gasteiger partial charge is 0.493 e. The van der Waals surface area contributed by atoms with Crippen LogP contribution in [0.3, 0.4) is 0 Å². The molecule has 0 bridgehead atoms. The molecule has 172 valence electrons. The molecule has 2 amide bonds. The van der Waals surface area contributed by atoms with Gasteiger partial charge in [0.1, 0.15) is 12.1 Å². The lowest BCUT2D eigenvalue weighted by Gasteiger charge is -2.34. The first-order valence-electron chi connectivity index (χ1n) is 10.4. The fourth-order valence-electron chi connectivity index (χ4n) is 3.55. The molecule has 1 aliphatic rings. The van der Waals surface area contributed by atoms with Crippen LogP contribution in [0.15, 0.2) is 42.5 Å². The molecule has 1 fully saturated rings. The predicted octanol–water partition coefficient (Wildman–Crippen LogP) is 4.94. The number of carbonyl (C=O) groups excluding carboxylic acids is 2. The van der Waals surface area contributed by atoms with Crippen LogP contribution in [-0.4, -0.2) is 43.0 Å². The Hall–Kier alpha value is -3.21. The van der Waals surface area contributed by atoms with Crippen LogP contribution >= 0.6 is 23.2 Å². The zero-order valence-electron chi connectivity index (χ0n) is 18.0. The molecule has 1 atom stereocenters. The third kappa shape index (κ3) is 6.41. The summed E-state index contributed by atoms with van der Waals surface area (Å²) in [5.74, 6) is 0.373. The number of nitrogens with zero attached hydrogens (tertiary/aromatic N) is 2. The molecule has 0 aliphatic carbocycles. The van der Waals surface area contributed by atoms with Crippen molar-refractivity contribution in [3.8, 4) is 17.6 Å². The molecule has 0 spiro atoms. The van der Waals surface area contributed by atoms with Gasteiger partial charge in [0, 0.05) is 18.3 Å². The summed E-state index contributed by atoms with van der Waals surface area (Å²) in [6, 6.07) is 11.3. The van der Waals surface area contributed by atoms with E-state index < -0.39 is 6.04 Å². The van der Waals surface area contributed by atoms with Gasteiger partial charge in [0.2, 0.25) is 11.8 Å². The highest BCUT2D eigenvalue weighted by molar-refractivity contribution is 6.42. The number of hydrogen-bond donors (Lipinski definition) is 1. The molecule has 9 heteroatoms. The van der Waals surface area contributed by atoms with Gasteiger partial charge in [0.05, 0.1) is 17.2 Å². The third-order valence-electron chi connectivity index (χ3n) is 5.17. The lowest BCUT2D eigenvalue weighted by Crippen LogP contribution is -2.49. The molecular formula is C24H23Cl2N3O4. The van der Waals surface area contributed by atoms with Crippen molar-refractivity contribution in [2.75, 3.05) is 25.6 Å². The van der Waals surface area contributed by atoms with Crippen molar-refractivity contribution in [2.45, 2.75) is 25.3 Å². The molecule has 33 heavy (non-hydrogen) atoms. The van der Waals surface area contributed by atoms with Gasteiger partial charge in [0.15, 0.2) is 18.1 Å². The molecule has 1 unspecified atom stereocenters. The first-order valence-corrected chi connectivity index (χ1v) is 11.1. The van der Waals surface area contributed by atoms with E-state index in [0.29, 0.717) is 40.2 Å². The number of rotatable bonds is 7. The Morgan fingerprint density at radius 3 is 2.73 bits per heavy atom.